The maximum absolute atomic E-state index is 12.7. The van der Waals surface area contributed by atoms with Gasteiger partial charge in [-0.1, -0.05) is 24.5 Å². The van der Waals surface area contributed by atoms with E-state index in [-0.39, 0.29) is 17.9 Å². The van der Waals surface area contributed by atoms with E-state index in [0.29, 0.717) is 25.9 Å². The molecule has 1 aliphatic carbocycles. The molecule has 1 saturated heterocycles. The van der Waals surface area contributed by atoms with Crippen LogP contribution in [0.15, 0.2) is 6.20 Å². The highest BCUT2D eigenvalue weighted by Gasteiger charge is 2.45. The largest absolute Gasteiger partial charge is 0.380 e. The Labute approximate surface area is 130 Å². The van der Waals surface area contributed by atoms with Gasteiger partial charge in [0.25, 0.3) is 5.91 Å². The van der Waals surface area contributed by atoms with Gasteiger partial charge in [0.15, 0.2) is 0 Å². The van der Waals surface area contributed by atoms with Crippen LogP contribution in [0.4, 0.5) is 0 Å². The number of hydrogen-bond donors (Lipinski definition) is 1. The van der Waals surface area contributed by atoms with Gasteiger partial charge in [-0.15, -0.1) is 5.10 Å². The third kappa shape index (κ3) is 2.75. The molecule has 0 bridgehead atoms. The number of nitrogens with zero attached hydrogens (tertiary/aromatic N) is 4. The number of rotatable bonds is 3. The fraction of sp³-hybridized carbons (Fsp3) is 0.800. The Morgan fingerprint density at radius 3 is 2.68 bits per heavy atom. The summed E-state index contributed by atoms with van der Waals surface area (Å²) in [5.41, 5.74) is -0.353. The van der Waals surface area contributed by atoms with Gasteiger partial charge in [0, 0.05) is 33.4 Å². The molecule has 3 rings (SSSR count). The lowest BCUT2D eigenvalue weighted by atomic mass is 9.84. The number of amides is 1. The molecule has 0 radical (unpaired) electrons. The Kier molecular flexibility index (Phi) is 4.18. The lowest BCUT2D eigenvalue weighted by Gasteiger charge is -2.34. The molecule has 1 aromatic rings. The molecule has 22 heavy (non-hydrogen) atoms. The van der Waals surface area contributed by atoms with Crippen molar-refractivity contribution in [2.75, 3.05) is 20.2 Å². The van der Waals surface area contributed by atoms with E-state index < -0.39 is 5.60 Å². The zero-order valence-corrected chi connectivity index (χ0v) is 13.2. The average molecular weight is 308 g/mol. The van der Waals surface area contributed by atoms with Crippen molar-refractivity contribution < 1.29 is 14.6 Å². The number of carbonyl (C=O) groups is 1. The molecule has 7 heteroatoms. The summed E-state index contributed by atoms with van der Waals surface area (Å²) in [5.74, 6) is -0.143. The van der Waals surface area contributed by atoms with Gasteiger partial charge in [-0.05, 0) is 12.8 Å². The maximum atomic E-state index is 12.7. The van der Waals surface area contributed by atoms with E-state index in [4.69, 9.17) is 4.74 Å². The summed E-state index contributed by atoms with van der Waals surface area (Å²) in [5, 5.41) is 18.8. The minimum absolute atomic E-state index is 0.00911. The van der Waals surface area contributed by atoms with E-state index >= 15 is 0 Å². The van der Waals surface area contributed by atoms with Gasteiger partial charge in [-0.2, -0.15) is 0 Å². The van der Waals surface area contributed by atoms with Gasteiger partial charge in [-0.25, -0.2) is 0 Å². The number of aromatic nitrogens is 3. The highest BCUT2D eigenvalue weighted by Crippen LogP contribution is 2.34. The second kappa shape index (κ2) is 5.96. The van der Waals surface area contributed by atoms with Crippen LogP contribution in [0.3, 0.4) is 0 Å². The van der Waals surface area contributed by atoms with Crippen molar-refractivity contribution in [3.8, 4) is 0 Å². The monoisotopic (exact) mass is 308 g/mol. The van der Waals surface area contributed by atoms with E-state index in [1.165, 1.54) is 0 Å². The van der Waals surface area contributed by atoms with Crippen molar-refractivity contribution in [3.05, 3.63) is 11.9 Å². The summed E-state index contributed by atoms with van der Waals surface area (Å²) in [6.07, 6.45) is 5.81. The van der Waals surface area contributed by atoms with Gasteiger partial charge in [0.2, 0.25) is 0 Å². The molecule has 2 heterocycles. The minimum Gasteiger partial charge on any atom is -0.380 e. The Balaban J connectivity index is 1.74. The summed E-state index contributed by atoms with van der Waals surface area (Å²) >= 11 is 0. The topological polar surface area (TPSA) is 80.5 Å². The zero-order valence-electron chi connectivity index (χ0n) is 13.2. The summed E-state index contributed by atoms with van der Waals surface area (Å²) in [7, 11) is 3.47. The zero-order chi connectivity index (χ0) is 15.7. The predicted molar refractivity (Wildman–Crippen MR) is 79.2 cm³/mol. The lowest BCUT2D eigenvalue weighted by molar-refractivity contribution is -0.154. The number of carbonyl (C=O) groups excluding carboxylic acids is 1. The standard InChI is InChI=1S/C15H24N4O3/c1-18-9-12(16-17-18)11-8-19(10-13(11)22-2)14(20)15(21)6-4-3-5-7-15/h9,11,13,21H,3-8,10H2,1-2H3/t11-,13+/m0/s1. The van der Waals surface area contributed by atoms with Crippen molar-refractivity contribution in [3.63, 3.8) is 0 Å². The number of likely N-dealkylation sites (tertiary alicyclic amines) is 1. The van der Waals surface area contributed by atoms with Gasteiger partial charge < -0.3 is 14.7 Å². The molecule has 1 N–H and O–H groups in total. The molecule has 0 aromatic carbocycles. The first-order chi connectivity index (χ1) is 10.5. The van der Waals surface area contributed by atoms with Crippen molar-refractivity contribution >= 4 is 5.91 Å². The molecule has 2 aliphatic rings. The van der Waals surface area contributed by atoms with E-state index in [0.717, 1.165) is 25.0 Å². The Morgan fingerprint density at radius 2 is 2.09 bits per heavy atom. The van der Waals surface area contributed by atoms with Gasteiger partial charge >= 0.3 is 0 Å². The van der Waals surface area contributed by atoms with Crippen LogP contribution in [-0.2, 0) is 16.6 Å². The Morgan fingerprint density at radius 1 is 1.36 bits per heavy atom. The van der Waals surface area contributed by atoms with Crippen LogP contribution in [0.5, 0.6) is 0 Å². The lowest BCUT2D eigenvalue weighted by Crippen LogP contribution is -2.49. The Hall–Kier alpha value is -1.47. The van der Waals surface area contributed by atoms with Crippen molar-refractivity contribution in [1.29, 1.82) is 0 Å². The molecule has 1 amide bonds. The number of aliphatic hydroxyl groups is 1. The normalized spacial score (nSPS) is 28.0. The average Bonchev–Trinajstić information content (AvgIpc) is 3.13. The van der Waals surface area contributed by atoms with Gasteiger partial charge in [0.05, 0.1) is 17.7 Å². The molecular formula is C15H24N4O3. The number of hydrogen-bond acceptors (Lipinski definition) is 5. The molecule has 1 aromatic heterocycles. The van der Waals surface area contributed by atoms with Crippen LogP contribution in [0.25, 0.3) is 0 Å². The highest BCUT2D eigenvalue weighted by molar-refractivity contribution is 5.85. The van der Waals surface area contributed by atoms with E-state index in [2.05, 4.69) is 10.3 Å². The Bertz CT molecular complexity index is 539. The quantitative estimate of drug-likeness (QED) is 0.877. The van der Waals surface area contributed by atoms with E-state index in [1.807, 2.05) is 13.2 Å². The van der Waals surface area contributed by atoms with E-state index in [9.17, 15) is 9.90 Å². The molecular weight excluding hydrogens is 284 g/mol. The van der Waals surface area contributed by atoms with E-state index in [1.54, 1.807) is 16.7 Å². The van der Waals surface area contributed by atoms with Crippen molar-refractivity contribution in [2.24, 2.45) is 7.05 Å². The number of methoxy groups -OCH3 is 1. The van der Waals surface area contributed by atoms with Crippen LogP contribution in [-0.4, -0.2) is 62.8 Å². The van der Waals surface area contributed by atoms with Crippen LogP contribution in [0.2, 0.25) is 0 Å². The first-order valence-electron chi connectivity index (χ1n) is 7.94. The summed E-state index contributed by atoms with van der Waals surface area (Å²) in [6, 6.07) is 0. The molecule has 0 unspecified atom stereocenters. The fourth-order valence-electron chi connectivity index (χ4n) is 3.64. The molecule has 7 nitrogen and oxygen atoms in total. The molecule has 2 fully saturated rings. The van der Waals surface area contributed by atoms with Crippen molar-refractivity contribution in [2.45, 2.75) is 49.7 Å². The molecule has 0 spiro atoms. The first kappa shape index (κ1) is 15.4. The smallest absolute Gasteiger partial charge is 0.254 e. The SMILES string of the molecule is CO[C@@H]1CN(C(=O)C2(O)CCCCC2)C[C@H]1c1cn(C)nn1. The second-order valence-electron chi connectivity index (χ2n) is 6.50. The second-order valence-corrected chi connectivity index (χ2v) is 6.50. The molecule has 1 saturated carbocycles. The summed E-state index contributed by atoms with van der Waals surface area (Å²) in [4.78, 5) is 14.5. The van der Waals surface area contributed by atoms with Crippen LogP contribution < -0.4 is 0 Å². The fourth-order valence-corrected chi connectivity index (χ4v) is 3.64. The van der Waals surface area contributed by atoms with Crippen molar-refractivity contribution in [1.82, 2.24) is 19.9 Å². The van der Waals surface area contributed by atoms with Crippen LogP contribution in [0.1, 0.15) is 43.7 Å². The molecule has 2 atom stereocenters. The maximum Gasteiger partial charge on any atom is 0.254 e. The number of ether oxygens (including phenoxy) is 1. The van der Waals surface area contributed by atoms with Crippen LogP contribution >= 0.6 is 0 Å². The third-order valence-corrected chi connectivity index (χ3v) is 4.94. The van der Waals surface area contributed by atoms with Gasteiger partial charge in [0.1, 0.15) is 5.60 Å². The summed E-state index contributed by atoms with van der Waals surface area (Å²) in [6.45, 7) is 1.03. The van der Waals surface area contributed by atoms with Gasteiger partial charge in [-0.3, -0.25) is 9.48 Å². The molecule has 122 valence electrons. The highest BCUT2D eigenvalue weighted by atomic mass is 16.5. The first-order valence-corrected chi connectivity index (χ1v) is 7.94. The third-order valence-electron chi connectivity index (χ3n) is 4.94. The minimum atomic E-state index is -1.19. The summed E-state index contributed by atoms with van der Waals surface area (Å²) < 4.78 is 7.19. The predicted octanol–water partition coefficient (Wildman–Crippen LogP) is 0.451. The van der Waals surface area contributed by atoms with Crippen LogP contribution in [0, 0.1) is 0 Å². The number of aryl methyl sites for hydroxylation is 1. The molecule has 1 aliphatic heterocycles.